The molecule has 0 saturated carbocycles. The Balaban J connectivity index is 2.70. The van der Waals surface area contributed by atoms with Crippen LogP contribution in [-0.4, -0.2) is 12.5 Å². The molecule has 1 aliphatic rings. The van der Waals surface area contributed by atoms with Crippen LogP contribution in [0.5, 0.6) is 0 Å². The molecule has 1 N–H and O–H groups in total. The SMILES string of the molecule is C=CC1CNC(=O)C1/C=C\C. The van der Waals surface area contributed by atoms with Gasteiger partial charge in [0.1, 0.15) is 0 Å². The number of rotatable bonds is 2. The Hall–Kier alpha value is -1.05. The molecule has 1 aliphatic heterocycles. The molecule has 60 valence electrons. The number of hydrogen-bond donors (Lipinski definition) is 1. The Labute approximate surface area is 67.0 Å². The summed E-state index contributed by atoms with van der Waals surface area (Å²) >= 11 is 0. The van der Waals surface area contributed by atoms with Gasteiger partial charge in [0.15, 0.2) is 0 Å². The molecule has 0 aromatic heterocycles. The van der Waals surface area contributed by atoms with Gasteiger partial charge in [-0.1, -0.05) is 18.2 Å². The van der Waals surface area contributed by atoms with E-state index < -0.39 is 0 Å². The Morgan fingerprint density at radius 1 is 1.73 bits per heavy atom. The van der Waals surface area contributed by atoms with Crippen LogP contribution in [-0.2, 0) is 4.79 Å². The van der Waals surface area contributed by atoms with Gasteiger partial charge in [-0.3, -0.25) is 4.79 Å². The maximum Gasteiger partial charge on any atom is 0.227 e. The Bertz CT molecular complexity index is 196. The summed E-state index contributed by atoms with van der Waals surface area (Å²) < 4.78 is 0. The van der Waals surface area contributed by atoms with E-state index in [-0.39, 0.29) is 17.7 Å². The van der Waals surface area contributed by atoms with Crippen molar-refractivity contribution in [1.82, 2.24) is 5.32 Å². The second kappa shape index (κ2) is 3.37. The van der Waals surface area contributed by atoms with Gasteiger partial charge < -0.3 is 5.32 Å². The van der Waals surface area contributed by atoms with Crippen LogP contribution in [0.1, 0.15) is 6.92 Å². The summed E-state index contributed by atoms with van der Waals surface area (Å²) in [6, 6.07) is 0. The molecule has 1 amide bonds. The van der Waals surface area contributed by atoms with Gasteiger partial charge in [0.25, 0.3) is 0 Å². The average Bonchev–Trinajstić information content (AvgIpc) is 2.34. The van der Waals surface area contributed by atoms with Crippen molar-refractivity contribution in [2.45, 2.75) is 6.92 Å². The fourth-order valence-electron chi connectivity index (χ4n) is 1.33. The highest BCUT2D eigenvalue weighted by molar-refractivity contribution is 5.83. The number of carbonyl (C=O) groups is 1. The first-order chi connectivity index (χ1) is 5.29. The molecule has 2 nitrogen and oxygen atoms in total. The first kappa shape index (κ1) is 8.05. The lowest BCUT2D eigenvalue weighted by Crippen LogP contribution is -2.17. The maximum atomic E-state index is 11.1. The first-order valence-electron chi connectivity index (χ1n) is 3.82. The molecular weight excluding hydrogens is 138 g/mol. The molecule has 2 unspecified atom stereocenters. The number of allylic oxidation sites excluding steroid dienone is 1. The molecule has 0 spiro atoms. The van der Waals surface area contributed by atoms with Crippen LogP contribution in [0.3, 0.4) is 0 Å². The number of amides is 1. The molecule has 0 bridgehead atoms. The van der Waals surface area contributed by atoms with Gasteiger partial charge >= 0.3 is 0 Å². The molecule has 0 aromatic carbocycles. The molecule has 1 heterocycles. The van der Waals surface area contributed by atoms with Gasteiger partial charge in [-0.2, -0.15) is 0 Å². The van der Waals surface area contributed by atoms with Crippen LogP contribution in [0, 0.1) is 11.8 Å². The second-order valence-electron chi connectivity index (χ2n) is 2.70. The van der Waals surface area contributed by atoms with E-state index in [2.05, 4.69) is 11.9 Å². The van der Waals surface area contributed by atoms with Gasteiger partial charge in [-0.15, -0.1) is 6.58 Å². The minimum atomic E-state index is 0.0116. The van der Waals surface area contributed by atoms with E-state index in [1.165, 1.54) is 0 Å². The third-order valence-electron chi connectivity index (χ3n) is 1.98. The van der Waals surface area contributed by atoms with Gasteiger partial charge in [0.05, 0.1) is 5.92 Å². The summed E-state index contributed by atoms with van der Waals surface area (Å²) in [6.45, 7) is 6.34. The Kier molecular flexibility index (Phi) is 2.47. The second-order valence-corrected chi connectivity index (χ2v) is 2.70. The lowest BCUT2D eigenvalue weighted by molar-refractivity contribution is -0.121. The normalized spacial score (nSPS) is 30.8. The summed E-state index contributed by atoms with van der Waals surface area (Å²) in [5.41, 5.74) is 0. The van der Waals surface area contributed by atoms with Gasteiger partial charge in [0.2, 0.25) is 5.91 Å². The maximum absolute atomic E-state index is 11.1. The zero-order valence-corrected chi connectivity index (χ0v) is 6.71. The highest BCUT2D eigenvalue weighted by Crippen LogP contribution is 2.19. The predicted molar refractivity (Wildman–Crippen MR) is 45.0 cm³/mol. The fourth-order valence-corrected chi connectivity index (χ4v) is 1.33. The van der Waals surface area contributed by atoms with E-state index in [1.807, 2.05) is 25.2 Å². The van der Waals surface area contributed by atoms with Crippen LogP contribution in [0.25, 0.3) is 0 Å². The first-order valence-corrected chi connectivity index (χ1v) is 3.82. The lowest BCUT2D eigenvalue weighted by Gasteiger charge is -2.05. The van der Waals surface area contributed by atoms with Crippen molar-refractivity contribution < 1.29 is 4.79 Å². The van der Waals surface area contributed by atoms with E-state index in [0.717, 1.165) is 6.54 Å². The largest absolute Gasteiger partial charge is 0.355 e. The molecule has 0 radical (unpaired) electrons. The number of carbonyl (C=O) groups excluding carboxylic acids is 1. The number of nitrogens with one attached hydrogen (secondary N) is 1. The van der Waals surface area contributed by atoms with Crippen molar-refractivity contribution >= 4 is 5.91 Å². The average molecular weight is 151 g/mol. The Morgan fingerprint density at radius 3 is 3.00 bits per heavy atom. The van der Waals surface area contributed by atoms with Crippen molar-refractivity contribution in [1.29, 1.82) is 0 Å². The van der Waals surface area contributed by atoms with E-state index in [1.54, 1.807) is 0 Å². The lowest BCUT2D eigenvalue weighted by atomic mass is 9.95. The topological polar surface area (TPSA) is 29.1 Å². The number of hydrogen-bond acceptors (Lipinski definition) is 1. The van der Waals surface area contributed by atoms with Gasteiger partial charge in [0, 0.05) is 12.5 Å². The third-order valence-corrected chi connectivity index (χ3v) is 1.98. The summed E-state index contributed by atoms with van der Waals surface area (Å²) in [6.07, 6.45) is 5.67. The van der Waals surface area contributed by atoms with Crippen molar-refractivity contribution in [2.24, 2.45) is 11.8 Å². The summed E-state index contributed by atoms with van der Waals surface area (Å²) in [5.74, 6) is 0.407. The van der Waals surface area contributed by atoms with Crippen molar-refractivity contribution in [3.63, 3.8) is 0 Å². The zero-order chi connectivity index (χ0) is 8.27. The quantitative estimate of drug-likeness (QED) is 0.588. The minimum absolute atomic E-state index is 0.0116. The van der Waals surface area contributed by atoms with Gasteiger partial charge in [-0.25, -0.2) is 0 Å². The van der Waals surface area contributed by atoms with Crippen molar-refractivity contribution in [3.8, 4) is 0 Å². The fraction of sp³-hybridized carbons (Fsp3) is 0.444. The van der Waals surface area contributed by atoms with Crippen LogP contribution < -0.4 is 5.32 Å². The molecule has 2 heteroatoms. The van der Waals surface area contributed by atoms with E-state index in [9.17, 15) is 4.79 Å². The van der Waals surface area contributed by atoms with Crippen LogP contribution in [0.15, 0.2) is 24.8 Å². The minimum Gasteiger partial charge on any atom is -0.355 e. The van der Waals surface area contributed by atoms with Crippen LogP contribution >= 0.6 is 0 Å². The summed E-state index contributed by atoms with van der Waals surface area (Å²) in [5, 5.41) is 2.79. The predicted octanol–water partition coefficient (Wildman–Crippen LogP) is 1.11. The van der Waals surface area contributed by atoms with E-state index >= 15 is 0 Å². The smallest absolute Gasteiger partial charge is 0.227 e. The standard InChI is InChI=1S/C9H13NO/c1-3-5-8-7(4-2)6-10-9(8)11/h3-5,7-8H,2,6H2,1H3,(H,10,11)/b5-3-. The molecule has 0 aliphatic carbocycles. The molecule has 1 fully saturated rings. The zero-order valence-electron chi connectivity index (χ0n) is 6.71. The van der Waals surface area contributed by atoms with Crippen molar-refractivity contribution in [3.05, 3.63) is 24.8 Å². The van der Waals surface area contributed by atoms with Gasteiger partial charge in [-0.05, 0) is 6.92 Å². The third kappa shape index (κ3) is 1.50. The van der Waals surface area contributed by atoms with Crippen LogP contribution in [0.4, 0.5) is 0 Å². The molecule has 11 heavy (non-hydrogen) atoms. The molecule has 2 atom stereocenters. The van der Waals surface area contributed by atoms with Crippen molar-refractivity contribution in [2.75, 3.05) is 6.54 Å². The Morgan fingerprint density at radius 2 is 2.45 bits per heavy atom. The van der Waals surface area contributed by atoms with Crippen LogP contribution in [0.2, 0.25) is 0 Å². The molecule has 0 aromatic rings. The molecule has 1 rings (SSSR count). The summed E-state index contributed by atoms with van der Waals surface area (Å²) in [7, 11) is 0. The summed E-state index contributed by atoms with van der Waals surface area (Å²) in [4.78, 5) is 11.1. The van der Waals surface area contributed by atoms with E-state index in [4.69, 9.17) is 0 Å². The highest BCUT2D eigenvalue weighted by Gasteiger charge is 2.29. The molecule has 1 saturated heterocycles. The molecular formula is C9H13NO. The highest BCUT2D eigenvalue weighted by atomic mass is 16.2. The monoisotopic (exact) mass is 151 g/mol. The van der Waals surface area contributed by atoms with E-state index in [0.29, 0.717) is 0 Å².